The third-order valence-electron chi connectivity index (χ3n) is 6.66. The van der Waals surface area contributed by atoms with Gasteiger partial charge in [0.1, 0.15) is 0 Å². The number of anilines is 2. The average molecular weight is 425 g/mol. The van der Waals surface area contributed by atoms with Crippen LogP contribution in [0.4, 0.5) is 10.8 Å². The van der Waals surface area contributed by atoms with Gasteiger partial charge in [0.15, 0.2) is 5.13 Å². The van der Waals surface area contributed by atoms with Crippen LogP contribution in [0.2, 0.25) is 0 Å². The topological polar surface area (TPSA) is 65.5 Å². The highest BCUT2D eigenvalue weighted by molar-refractivity contribution is 7.15. The number of hydrogen-bond donors (Lipinski definition) is 1. The highest BCUT2D eigenvalue weighted by Gasteiger charge is 2.29. The summed E-state index contributed by atoms with van der Waals surface area (Å²) in [6, 6.07) is 6.36. The molecule has 1 aromatic carbocycles. The number of piperazine rings is 1. The molecule has 1 N–H and O–H groups in total. The third kappa shape index (κ3) is 3.83. The minimum atomic E-state index is 0.00798. The third-order valence-corrected chi connectivity index (χ3v) is 7.84. The Morgan fingerprint density at radius 2 is 1.90 bits per heavy atom. The van der Waals surface area contributed by atoms with Crippen molar-refractivity contribution >= 4 is 34.0 Å². The number of nitrogens with zero attached hydrogens (tertiary/aromatic N) is 3. The van der Waals surface area contributed by atoms with Crippen LogP contribution in [0.25, 0.3) is 0 Å². The van der Waals surface area contributed by atoms with E-state index in [2.05, 4.69) is 22.3 Å². The molecule has 1 saturated heterocycles. The number of nitrogens with one attached hydrogen (secondary N) is 1. The lowest BCUT2D eigenvalue weighted by atomic mass is 9.90. The van der Waals surface area contributed by atoms with Crippen molar-refractivity contribution in [1.82, 2.24) is 9.88 Å². The molecule has 3 aliphatic rings. The first kappa shape index (κ1) is 19.5. The molecule has 1 aliphatic heterocycles. The van der Waals surface area contributed by atoms with E-state index >= 15 is 0 Å². The van der Waals surface area contributed by atoms with Gasteiger partial charge < -0.3 is 15.1 Å². The molecule has 2 aromatic rings. The summed E-state index contributed by atoms with van der Waals surface area (Å²) in [5, 5.41) is 4.20. The van der Waals surface area contributed by atoms with Gasteiger partial charge in [-0.3, -0.25) is 9.59 Å². The fraction of sp³-hybridized carbons (Fsp3) is 0.522. The summed E-state index contributed by atoms with van der Waals surface area (Å²) in [4.78, 5) is 34.7. The van der Waals surface area contributed by atoms with Crippen molar-refractivity contribution in [2.24, 2.45) is 5.92 Å². The predicted molar refractivity (Wildman–Crippen MR) is 119 cm³/mol. The first-order valence-corrected chi connectivity index (χ1v) is 11.8. The molecule has 1 atom stereocenters. The molecule has 6 nitrogen and oxygen atoms in total. The number of thiazole rings is 1. The van der Waals surface area contributed by atoms with Crippen LogP contribution in [-0.4, -0.2) is 47.9 Å². The van der Waals surface area contributed by atoms with Gasteiger partial charge in [-0.1, -0.05) is 6.07 Å². The minimum Gasteiger partial charge on any atom is -0.345 e. The Kier molecular flexibility index (Phi) is 5.23. The Labute approximate surface area is 181 Å². The van der Waals surface area contributed by atoms with Gasteiger partial charge in [-0.25, -0.2) is 4.98 Å². The monoisotopic (exact) mass is 424 g/mol. The number of amides is 2. The van der Waals surface area contributed by atoms with Gasteiger partial charge in [-0.2, -0.15) is 0 Å². The smallest absolute Gasteiger partial charge is 0.227 e. The Bertz CT molecular complexity index is 978. The van der Waals surface area contributed by atoms with Gasteiger partial charge >= 0.3 is 0 Å². The summed E-state index contributed by atoms with van der Waals surface area (Å²) >= 11 is 1.73. The molecule has 30 heavy (non-hydrogen) atoms. The van der Waals surface area contributed by atoms with Crippen LogP contribution >= 0.6 is 11.3 Å². The van der Waals surface area contributed by atoms with Crippen LogP contribution in [0.5, 0.6) is 0 Å². The van der Waals surface area contributed by atoms with E-state index in [4.69, 9.17) is 4.98 Å². The van der Waals surface area contributed by atoms with E-state index in [1.54, 1.807) is 18.3 Å². The second kappa shape index (κ2) is 8.02. The SMILES string of the molecule is CC(=O)N1CCN(c2nc3c(s2)CC(C(=O)Nc2ccc4c(c2)CCC4)CC3)CC1. The van der Waals surface area contributed by atoms with Crippen molar-refractivity contribution in [3.8, 4) is 0 Å². The molecule has 0 spiro atoms. The van der Waals surface area contributed by atoms with Crippen LogP contribution in [0.3, 0.4) is 0 Å². The zero-order valence-electron chi connectivity index (χ0n) is 17.4. The number of hydrogen-bond acceptors (Lipinski definition) is 5. The zero-order chi connectivity index (χ0) is 20.7. The number of rotatable bonds is 3. The van der Waals surface area contributed by atoms with Gasteiger partial charge in [0.2, 0.25) is 11.8 Å². The molecule has 0 radical (unpaired) electrons. The van der Waals surface area contributed by atoms with E-state index in [0.717, 1.165) is 74.8 Å². The second-order valence-electron chi connectivity index (χ2n) is 8.63. The molecule has 1 fully saturated rings. The van der Waals surface area contributed by atoms with Gasteiger partial charge in [0.25, 0.3) is 0 Å². The standard InChI is InChI=1S/C23H28N4O2S/c1-15(28)26-9-11-27(12-10-26)23-25-20-8-6-18(14-21(20)30-23)22(29)24-19-7-5-16-3-2-4-17(16)13-19/h5,7,13,18H,2-4,6,8-12,14H2,1H3,(H,24,29). The van der Waals surface area contributed by atoms with Gasteiger partial charge in [0.05, 0.1) is 5.69 Å². The van der Waals surface area contributed by atoms with E-state index in [1.807, 2.05) is 11.0 Å². The Hall–Kier alpha value is -2.41. The first-order valence-electron chi connectivity index (χ1n) is 11.0. The highest BCUT2D eigenvalue weighted by Crippen LogP contribution is 2.35. The maximum absolute atomic E-state index is 12.9. The normalized spacial score (nSPS) is 20.6. The number of aromatic nitrogens is 1. The first-order chi connectivity index (χ1) is 14.6. The van der Waals surface area contributed by atoms with Crippen LogP contribution < -0.4 is 10.2 Å². The maximum Gasteiger partial charge on any atom is 0.227 e. The molecular weight excluding hydrogens is 396 g/mol. The van der Waals surface area contributed by atoms with Gasteiger partial charge in [-0.05, 0) is 61.8 Å². The molecule has 0 saturated carbocycles. The highest BCUT2D eigenvalue weighted by atomic mass is 32.1. The number of carbonyl (C=O) groups is 2. The quantitative estimate of drug-likeness (QED) is 0.823. The summed E-state index contributed by atoms with van der Waals surface area (Å²) in [5.41, 5.74) is 4.90. The molecule has 1 aromatic heterocycles. The van der Waals surface area contributed by atoms with Crippen molar-refractivity contribution in [3.63, 3.8) is 0 Å². The van der Waals surface area contributed by atoms with E-state index < -0.39 is 0 Å². The Morgan fingerprint density at radius 3 is 2.70 bits per heavy atom. The summed E-state index contributed by atoms with van der Waals surface area (Å²) in [7, 11) is 0. The molecule has 7 heteroatoms. The fourth-order valence-corrected chi connectivity index (χ4v) is 6.06. The van der Waals surface area contributed by atoms with Crippen LogP contribution in [0.1, 0.15) is 41.5 Å². The zero-order valence-corrected chi connectivity index (χ0v) is 18.3. The predicted octanol–water partition coefficient (Wildman–Crippen LogP) is 3.04. The maximum atomic E-state index is 12.9. The lowest BCUT2D eigenvalue weighted by Gasteiger charge is -2.33. The van der Waals surface area contributed by atoms with Gasteiger partial charge in [0, 0.05) is 49.6 Å². The van der Waals surface area contributed by atoms with E-state index in [-0.39, 0.29) is 17.7 Å². The van der Waals surface area contributed by atoms with Crippen molar-refractivity contribution in [2.75, 3.05) is 36.4 Å². The van der Waals surface area contributed by atoms with E-state index in [1.165, 1.54) is 22.4 Å². The van der Waals surface area contributed by atoms with Crippen molar-refractivity contribution in [2.45, 2.75) is 45.4 Å². The molecule has 0 bridgehead atoms. The number of carbonyl (C=O) groups excluding carboxylic acids is 2. The average Bonchev–Trinajstić information content (AvgIpc) is 3.39. The van der Waals surface area contributed by atoms with E-state index in [9.17, 15) is 9.59 Å². The summed E-state index contributed by atoms with van der Waals surface area (Å²) in [5.74, 6) is 0.280. The van der Waals surface area contributed by atoms with E-state index in [0.29, 0.717) is 0 Å². The fourth-order valence-electron chi connectivity index (χ4n) is 4.83. The molecule has 2 heterocycles. The number of aryl methyl sites for hydroxylation is 3. The molecule has 2 aliphatic carbocycles. The van der Waals surface area contributed by atoms with Crippen LogP contribution in [0.15, 0.2) is 18.2 Å². The van der Waals surface area contributed by atoms with Crippen molar-refractivity contribution in [1.29, 1.82) is 0 Å². The minimum absolute atomic E-state index is 0.00798. The van der Waals surface area contributed by atoms with Crippen LogP contribution in [-0.2, 0) is 35.3 Å². The lowest BCUT2D eigenvalue weighted by molar-refractivity contribution is -0.129. The molecule has 5 rings (SSSR count). The van der Waals surface area contributed by atoms with Crippen molar-refractivity contribution < 1.29 is 9.59 Å². The van der Waals surface area contributed by atoms with Crippen molar-refractivity contribution in [3.05, 3.63) is 39.9 Å². The largest absolute Gasteiger partial charge is 0.345 e. The lowest BCUT2D eigenvalue weighted by Crippen LogP contribution is -2.48. The number of benzene rings is 1. The Morgan fingerprint density at radius 1 is 1.10 bits per heavy atom. The second-order valence-corrected chi connectivity index (χ2v) is 9.69. The molecule has 158 valence electrons. The van der Waals surface area contributed by atoms with Gasteiger partial charge in [-0.15, -0.1) is 11.3 Å². The molecule has 2 amide bonds. The van der Waals surface area contributed by atoms with Crippen LogP contribution in [0, 0.1) is 5.92 Å². The molecule has 1 unspecified atom stereocenters. The summed E-state index contributed by atoms with van der Waals surface area (Å²) < 4.78 is 0. The number of fused-ring (bicyclic) bond motifs is 2. The summed E-state index contributed by atoms with van der Waals surface area (Å²) in [6.07, 6.45) is 5.99. The molecular formula is C23H28N4O2S. The summed E-state index contributed by atoms with van der Waals surface area (Å²) in [6.45, 7) is 4.80. The Balaban J connectivity index is 1.22.